The van der Waals surface area contributed by atoms with Gasteiger partial charge in [0.15, 0.2) is 0 Å². The van der Waals surface area contributed by atoms with E-state index in [9.17, 15) is 0 Å². The van der Waals surface area contributed by atoms with Crippen LogP contribution in [-0.4, -0.2) is 20.1 Å². The molecule has 0 aliphatic heterocycles. The molecule has 0 radical (unpaired) electrons. The van der Waals surface area contributed by atoms with E-state index >= 15 is 0 Å². The highest BCUT2D eigenvalue weighted by Crippen LogP contribution is 2.10. The molecule has 0 spiro atoms. The van der Waals surface area contributed by atoms with Crippen LogP contribution in [0.4, 0.5) is 0 Å². The Labute approximate surface area is 58.1 Å². The second-order valence-corrected chi connectivity index (χ2v) is 9.91. The molecule has 0 nitrogen and oxygen atoms in total. The predicted octanol–water partition coefficient (Wildman–Crippen LogP) is 2.69. The first-order valence-corrected chi connectivity index (χ1v) is 8.15. The predicted molar refractivity (Wildman–Crippen MR) is 46.5 cm³/mol. The van der Waals surface area contributed by atoms with Gasteiger partial charge in [0.1, 0.15) is 0 Å². The van der Waals surface area contributed by atoms with E-state index in [1.807, 2.05) is 11.8 Å². The third-order valence-electron chi connectivity index (χ3n) is 1.06. The average molecular weight is 148 g/mol. The molecule has 50 valence electrons. The van der Waals surface area contributed by atoms with Crippen molar-refractivity contribution in [3.63, 3.8) is 0 Å². The lowest BCUT2D eigenvalue weighted by Gasteiger charge is -2.13. The van der Waals surface area contributed by atoms with E-state index in [1.54, 1.807) is 0 Å². The SMILES string of the molecule is CSCC[Si](C)(C)C. The Kier molecular flexibility index (Phi) is 3.82. The van der Waals surface area contributed by atoms with E-state index in [2.05, 4.69) is 25.9 Å². The summed E-state index contributed by atoms with van der Waals surface area (Å²) in [6.45, 7) is 7.26. The first-order valence-electron chi connectivity index (χ1n) is 3.05. The summed E-state index contributed by atoms with van der Waals surface area (Å²) in [6, 6.07) is 1.47. The minimum absolute atomic E-state index is 0.699. The highest BCUT2D eigenvalue weighted by Gasteiger charge is 2.10. The average Bonchev–Trinajstić information content (AvgIpc) is 1.59. The van der Waals surface area contributed by atoms with Crippen molar-refractivity contribution in [2.24, 2.45) is 0 Å². The Bertz CT molecular complexity index is 56.0. The molecule has 0 bridgehead atoms. The monoisotopic (exact) mass is 148 g/mol. The normalized spacial score (nSPS) is 12.0. The number of hydrogen-bond donors (Lipinski definition) is 0. The lowest BCUT2D eigenvalue weighted by Crippen LogP contribution is -2.19. The van der Waals surface area contributed by atoms with Crippen molar-refractivity contribution in [3.8, 4) is 0 Å². The lowest BCUT2D eigenvalue weighted by molar-refractivity contribution is 1.38. The largest absolute Gasteiger partial charge is 0.166 e. The van der Waals surface area contributed by atoms with Crippen LogP contribution in [0.25, 0.3) is 0 Å². The van der Waals surface area contributed by atoms with E-state index in [0.29, 0.717) is 0 Å². The topological polar surface area (TPSA) is 0 Å². The fourth-order valence-electron chi connectivity index (χ4n) is 0.408. The van der Waals surface area contributed by atoms with Crippen LogP contribution < -0.4 is 0 Å². The molecule has 0 saturated carbocycles. The van der Waals surface area contributed by atoms with E-state index in [1.165, 1.54) is 11.8 Å². The lowest BCUT2D eigenvalue weighted by atomic mass is 11.0. The molecular weight excluding hydrogens is 132 g/mol. The Morgan fingerprint density at radius 3 is 1.88 bits per heavy atom. The molecule has 0 atom stereocenters. The summed E-state index contributed by atoms with van der Waals surface area (Å²) in [7, 11) is -0.699. The van der Waals surface area contributed by atoms with Gasteiger partial charge in [-0.2, -0.15) is 11.8 Å². The fraction of sp³-hybridized carbons (Fsp3) is 1.00. The van der Waals surface area contributed by atoms with E-state index in [-0.39, 0.29) is 0 Å². The highest BCUT2D eigenvalue weighted by molar-refractivity contribution is 7.98. The summed E-state index contributed by atoms with van der Waals surface area (Å²) in [4.78, 5) is 0. The van der Waals surface area contributed by atoms with Crippen LogP contribution in [0.1, 0.15) is 0 Å². The van der Waals surface area contributed by atoms with Gasteiger partial charge in [0.2, 0.25) is 0 Å². The van der Waals surface area contributed by atoms with Gasteiger partial charge in [0.25, 0.3) is 0 Å². The van der Waals surface area contributed by atoms with Crippen molar-refractivity contribution in [1.29, 1.82) is 0 Å². The molecule has 0 amide bonds. The van der Waals surface area contributed by atoms with Crippen LogP contribution in [0.5, 0.6) is 0 Å². The molecule has 0 aromatic rings. The standard InChI is InChI=1S/C6H16SSi/c1-7-5-6-8(2,3)4/h5-6H2,1-4H3. The zero-order valence-electron chi connectivity index (χ0n) is 6.32. The molecule has 0 N–H and O–H groups in total. The Morgan fingerprint density at radius 2 is 1.75 bits per heavy atom. The van der Waals surface area contributed by atoms with Crippen molar-refractivity contribution < 1.29 is 0 Å². The van der Waals surface area contributed by atoms with Gasteiger partial charge in [0, 0.05) is 8.07 Å². The first-order chi connectivity index (χ1) is 3.56. The van der Waals surface area contributed by atoms with Gasteiger partial charge in [-0.05, 0) is 18.1 Å². The quantitative estimate of drug-likeness (QED) is 0.555. The van der Waals surface area contributed by atoms with E-state index < -0.39 is 8.07 Å². The summed E-state index contributed by atoms with van der Waals surface area (Å²) in [5, 5.41) is 0. The summed E-state index contributed by atoms with van der Waals surface area (Å²) >= 11 is 1.96. The second-order valence-electron chi connectivity index (χ2n) is 3.30. The highest BCUT2D eigenvalue weighted by atomic mass is 32.2. The van der Waals surface area contributed by atoms with Crippen LogP contribution in [0.2, 0.25) is 25.7 Å². The van der Waals surface area contributed by atoms with Crippen LogP contribution in [-0.2, 0) is 0 Å². The maximum atomic E-state index is 2.42. The van der Waals surface area contributed by atoms with Crippen molar-refractivity contribution in [2.75, 3.05) is 12.0 Å². The number of rotatable bonds is 3. The Morgan fingerprint density at radius 1 is 1.25 bits per heavy atom. The van der Waals surface area contributed by atoms with E-state index in [4.69, 9.17) is 0 Å². The Hall–Kier alpha value is 0.567. The molecule has 0 aromatic heterocycles. The van der Waals surface area contributed by atoms with Gasteiger partial charge in [-0.1, -0.05) is 19.6 Å². The van der Waals surface area contributed by atoms with Gasteiger partial charge in [-0.25, -0.2) is 0 Å². The minimum atomic E-state index is -0.699. The molecule has 0 aromatic carbocycles. The summed E-state index contributed by atoms with van der Waals surface area (Å²) in [5.41, 5.74) is 0. The van der Waals surface area contributed by atoms with Crippen molar-refractivity contribution in [2.45, 2.75) is 25.7 Å². The zero-order chi connectivity index (χ0) is 6.62. The third kappa shape index (κ3) is 6.57. The van der Waals surface area contributed by atoms with Crippen LogP contribution in [0, 0.1) is 0 Å². The van der Waals surface area contributed by atoms with Gasteiger partial charge < -0.3 is 0 Å². The second kappa shape index (κ2) is 3.57. The molecule has 2 heteroatoms. The molecule has 0 saturated heterocycles. The van der Waals surface area contributed by atoms with Crippen LogP contribution in [0.3, 0.4) is 0 Å². The van der Waals surface area contributed by atoms with Gasteiger partial charge in [-0.15, -0.1) is 0 Å². The molecule has 0 heterocycles. The smallest absolute Gasteiger partial charge is 0.0450 e. The maximum absolute atomic E-state index is 2.42. The molecule has 0 rings (SSSR count). The maximum Gasteiger partial charge on any atom is 0.0450 e. The van der Waals surface area contributed by atoms with Gasteiger partial charge >= 0.3 is 0 Å². The zero-order valence-corrected chi connectivity index (χ0v) is 8.14. The molecule has 0 aliphatic carbocycles. The summed E-state index contributed by atoms with van der Waals surface area (Å²) in [5.74, 6) is 1.36. The summed E-state index contributed by atoms with van der Waals surface area (Å²) in [6.07, 6.45) is 2.18. The number of thioether (sulfide) groups is 1. The molecule has 0 aliphatic rings. The first kappa shape index (κ1) is 8.57. The molecule has 0 fully saturated rings. The van der Waals surface area contributed by atoms with E-state index in [0.717, 1.165) is 0 Å². The van der Waals surface area contributed by atoms with Crippen molar-refractivity contribution in [1.82, 2.24) is 0 Å². The van der Waals surface area contributed by atoms with Gasteiger partial charge in [0.05, 0.1) is 0 Å². The number of hydrogen-bond acceptors (Lipinski definition) is 1. The fourth-order valence-corrected chi connectivity index (χ4v) is 3.67. The summed E-state index contributed by atoms with van der Waals surface area (Å²) < 4.78 is 0. The Balaban J connectivity index is 3.11. The molecular formula is C6H16SSi. The van der Waals surface area contributed by atoms with Crippen molar-refractivity contribution >= 4 is 19.8 Å². The third-order valence-corrected chi connectivity index (χ3v) is 3.78. The van der Waals surface area contributed by atoms with Crippen LogP contribution >= 0.6 is 11.8 Å². The minimum Gasteiger partial charge on any atom is -0.166 e. The van der Waals surface area contributed by atoms with Gasteiger partial charge in [-0.3, -0.25) is 0 Å². The molecule has 8 heavy (non-hydrogen) atoms. The van der Waals surface area contributed by atoms with Crippen molar-refractivity contribution in [3.05, 3.63) is 0 Å². The van der Waals surface area contributed by atoms with Crippen LogP contribution in [0.15, 0.2) is 0 Å². The molecule has 0 unspecified atom stereocenters.